The van der Waals surface area contributed by atoms with Crippen LogP contribution in [0.5, 0.6) is 0 Å². The zero-order valence-corrected chi connectivity index (χ0v) is 18.4. The number of hydrogen-bond acceptors (Lipinski definition) is 5. The van der Waals surface area contributed by atoms with Crippen molar-refractivity contribution in [1.82, 2.24) is 19.4 Å². The number of aromatic nitrogens is 4. The Hall–Kier alpha value is -4.42. The minimum Gasteiger partial charge on any atom is -0.382 e. The quantitative estimate of drug-likeness (QED) is 0.202. The second-order valence-corrected chi connectivity index (χ2v) is 8.77. The zero-order chi connectivity index (χ0) is 23.1. The molecule has 0 radical (unpaired) electrons. The lowest BCUT2D eigenvalue weighted by Crippen LogP contribution is -2.25. The molecule has 1 aliphatic carbocycles. The Bertz CT molecular complexity index is 1560. The van der Waals surface area contributed by atoms with E-state index in [1.807, 2.05) is 30.5 Å². The van der Waals surface area contributed by atoms with Gasteiger partial charge in [0.25, 0.3) is 0 Å². The van der Waals surface area contributed by atoms with Crippen LogP contribution < -0.4 is 5.73 Å². The van der Waals surface area contributed by atoms with Crippen LogP contribution in [-0.2, 0) is 0 Å². The summed E-state index contributed by atoms with van der Waals surface area (Å²) in [6, 6.07) is 20.5. The molecule has 0 saturated heterocycles. The highest BCUT2D eigenvalue weighted by molar-refractivity contribution is 5.91. The van der Waals surface area contributed by atoms with Gasteiger partial charge in [0, 0.05) is 46.3 Å². The maximum absolute atomic E-state index is 8.59. The molecule has 0 unspecified atom stereocenters. The molecule has 2 N–H and O–H groups in total. The third kappa shape index (κ3) is 3.41. The van der Waals surface area contributed by atoms with E-state index in [9.17, 15) is 0 Å². The zero-order valence-electron chi connectivity index (χ0n) is 18.4. The minimum absolute atomic E-state index is 0.296. The molecule has 3 heterocycles. The minimum atomic E-state index is 0.296. The van der Waals surface area contributed by atoms with Crippen molar-refractivity contribution in [2.45, 2.75) is 18.8 Å². The van der Waals surface area contributed by atoms with Crippen molar-refractivity contribution in [1.29, 1.82) is 0 Å². The molecule has 1 aliphatic rings. The van der Waals surface area contributed by atoms with Crippen LogP contribution in [-0.4, -0.2) is 25.9 Å². The van der Waals surface area contributed by atoms with E-state index in [2.05, 4.69) is 55.8 Å². The maximum atomic E-state index is 8.59. The van der Waals surface area contributed by atoms with Crippen LogP contribution in [0.4, 0.5) is 5.82 Å². The Morgan fingerprint density at radius 3 is 2.68 bits per heavy atom. The predicted octanol–water partition coefficient (Wildman–Crippen LogP) is 6.00. The van der Waals surface area contributed by atoms with Gasteiger partial charge >= 0.3 is 0 Å². The summed E-state index contributed by atoms with van der Waals surface area (Å²) in [5, 5.41) is 4.79. The van der Waals surface area contributed by atoms with E-state index in [4.69, 9.17) is 21.2 Å². The van der Waals surface area contributed by atoms with Crippen LogP contribution in [0.2, 0.25) is 0 Å². The van der Waals surface area contributed by atoms with E-state index >= 15 is 0 Å². The number of pyridine rings is 1. The van der Waals surface area contributed by atoms with Crippen LogP contribution in [0.1, 0.15) is 24.6 Å². The van der Waals surface area contributed by atoms with Crippen LogP contribution >= 0.6 is 0 Å². The summed E-state index contributed by atoms with van der Waals surface area (Å²) in [5.41, 5.74) is 20.4. The number of azide groups is 1. The first-order valence-corrected chi connectivity index (χ1v) is 11.3. The summed E-state index contributed by atoms with van der Waals surface area (Å²) < 4.78 is 2.06. The first kappa shape index (κ1) is 20.2. The Morgan fingerprint density at radius 1 is 1.03 bits per heavy atom. The fraction of sp³-hybridized carbons (Fsp3) is 0.192. The Kier molecular flexibility index (Phi) is 4.86. The van der Waals surface area contributed by atoms with E-state index in [-0.39, 0.29) is 0 Å². The third-order valence-corrected chi connectivity index (χ3v) is 6.65. The molecule has 8 heteroatoms. The highest BCUT2D eigenvalue weighted by Gasteiger charge is 2.33. The van der Waals surface area contributed by atoms with Crippen LogP contribution in [0.3, 0.4) is 0 Å². The van der Waals surface area contributed by atoms with Crippen molar-refractivity contribution in [3.8, 4) is 22.5 Å². The molecular weight excluding hydrogens is 424 g/mol. The van der Waals surface area contributed by atoms with E-state index in [0.717, 1.165) is 57.6 Å². The van der Waals surface area contributed by atoms with Crippen molar-refractivity contribution in [2.24, 2.45) is 11.0 Å². The fourth-order valence-electron chi connectivity index (χ4n) is 4.86. The van der Waals surface area contributed by atoms with Gasteiger partial charge in [0.1, 0.15) is 22.9 Å². The first-order chi connectivity index (χ1) is 16.7. The molecule has 0 spiro atoms. The third-order valence-electron chi connectivity index (χ3n) is 6.65. The highest BCUT2D eigenvalue weighted by atomic mass is 15.1. The molecule has 3 aromatic heterocycles. The number of hydrogen-bond donors (Lipinski definition) is 1. The summed E-state index contributed by atoms with van der Waals surface area (Å²) in [6.07, 6.45) is 5.52. The predicted molar refractivity (Wildman–Crippen MR) is 133 cm³/mol. The largest absolute Gasteiger partial charge is 0.382 e. The number of fused-ring (bicyclic) bond motifs is 2. The summed E-state index contributed by atoms with van der Waals surface area (Å²) >= 11 is 0. The summed E-state index contributed by atoms with van der Waals surface area (Å²) in [5.74, 6) is 2.12. The van der Waals surface area contributed by atoms with Gasteiger partial charge in [-0.25, -0.2) is 15.0 Å². The van der Waals surface area contributed by atoms with Gasteiger partial charge in [0.2, 0.25) is 0 Å². The van der Waals surface area contributed by atoms with Crippen LogP contribution in [0, 0.1) is 5.92 Å². The average molecular weight is 447 g/mol. The number of nitrogen functional groups attached to an aromatic ring is 1. The second kappa shape index (κ2) is 8.17. The molecule has 1 fully saturated rings. The monoisotopic (exact) mass is 446 g/mol. The summed E-state index contributed by atoms with van der Waals surface area (Å²) in [7, 11) is 0. The molecule has 166 valence electrons. The molecule has 0 atom stereocenters. The molecular formula is C26H22N8. The molecule has 34 heavy (non-hydrogen) atoms. The van der Waals surface area contributed by atoms with Gasteiger partial charge in [0.05, 0.1) is 11.2 Å². The molecule has 0 aliphatic heterocycles. The lowest BCUT2D eigenvalue weighted by atomic mass is 9.74. The topological polar surface area (TPSA) is 118 Å². The summed E-state index contributed by atoms with van der Waals surface area (Å²) in [6.45, 7) is 0.535. The highest BCUT2D eigenvalue weighted by Crippen LogP contribution is 2.43. The lowest BCUT2D eigenvalue weighted by molar-refractivity contribution is 0.262. The molecule has 5 aromatic rings. The van der Waals surface area contributed by atoms with Crippen LogP contribution in [0.15, 0.2) is 78.2 Å². The number of benzene rings is 2. The lowest BCUT2D eigenvalue weighted by Gasteiger charge is -2.33. The molecule has 8 nitrogen and oxygen atoms in total. The van der Waals surface area contributed by atoms with E-state index in [1.165, 1.54) is 0 Å². The maximum Gasteiger partial charge on any atom is 0.150 e. The van der Waals surface area contributed by atoms with Gasteiger partial charge in [-0.1, -0.05) is 53.6 Å². The van der Waals surface area contributed by atoms with E-state index in [1.54, 1.807) is 6.20 Å². The first-order valence-electron chi connectivity index (χ1n) is 11.3. The van der Waals surface area contributed by atoms with Crippen molar-refractivity contribution in [3.63, 3.8) is 0 Å². The van der Waals surface area contributed by atoms with E-state index < -0.39 is 0 Å². The fourth-order valence-corrected chi connectivity index (χ4v) is 4.86. The molecule has 1 saturated carbocycles. The number of anilines is 1. The number of rotatable bonds is 5. The Morgan fingerprint density at radius 2 is 1.85 bits per heavy atom. The SMILES string of the molecule is [N-]=[N+]=NCC1CC(c2nc(-c3ccc4ccc(-c5ccccc5)nc4c3)c3c(N)nccn23)C1. The van der Waals surface area contributed by atoms with Crippen LogP contribution in [0.25, 0.3) is 49.4 Å². The van der Waals surface area contributed by atoms with Crippen molar-refractivity contribution >= 4 is 22.2 Å². The Balaban J connectivity index is 1.43. The smallest absolute Gasteiger partial charge is 0.150 e. The second-order valence-electron chi connectivity index (χ2n) is 8.77. The average Bonchev–Trinajstić information content (AvgIpc) is 3.23. The van der Waals surface area contributed by atoms with Gasteiger partial charge in [-0.05, 0) is 36.4 Å². The normalized spacial score (nSPS) is 17.4. The van der Waals surface area contributed by atoms with Crippen molar-refractivity contribution in [3.05, 3.63) is 89.3 Å². The molecule has 0 amide bonds. The Labute approximate surface area is 195 Å². The molecule has 6 rings (SSSR count). The molecule has 0 bridgehead atoms. The number of nitrogens with zero attached hydrogens (tertiary/aromatic N) is 7. The van der Waals surface area contributed by atoms with Crippen molar-refractivity contribution < 1.29 is 0 Å². The van der Waals surface area contributed by atoms with Gasteiger partial charge in [-0.3, -0.25) is 4.40 Å². The van der Waals surface area contributed by atoms with Crippen molar-refractivity contribution in [2.75, 3.05) is 12.3 Å². The number of nitrogens with two attached hydrogens (primary N) is 1. The van der Waals surface area contributed by atoms with Gasteiger partial charge in [-0.2, -0.15) is 0 Å². The van der Waals surface area contributed by atoms with Gasteiger partial charge < -0.3 is 5.73 Å². The number of imidazole rings is 1. The standard InChI is InChI=1S/C26H22N8/c27-25-24-23(32-26(34(24)11-10-29-25)20-12-16(13-20)15-30-33-28)19-7-6-18-8-9-21(31-22(18)14-19)17-4-2-1-3-5-17/h1-11,14,16,20H,12-13,15H2,(H2,27,29). The van der Waals surface area contributed by atoms with E-state index in [0.29, 0.717) is 24.2 Å². The molecule has 2 aromatic carbocycles. The van der Waals surface area contributed by atoms with Gasteiger partial charge in [-0.15, -0.1) is 0 Å². The van der Waals surface area contributed by atoms with Gasteiger partial charge in [0.15, 0.2) is 0 Å². The summed E-state index contributed by atoms with van der Waals surface area (Å²) in [4.78, 5) is 17.2.